The zero-order chi connectivity index (χ0) is 11.4. The van der Waals surface area contributed by atoms with Crippen LogP contribution in [0.4, 0.5) is 0 Å². The van der Waals surface area contributed by atoms with Crippen molar-refractivity contribution in [3.8, 4) is 5.75 Å². The van der Waals surface area contributed by atoms with Crippen LogP contribution in [0.25, 0.3) is 0 Å². The molecule has 0 aliphatic heterocycles. The highest BCUT2D eigenvalue weighted by molar-refractivity contribution is 6.32. The molecule has 5 heteroatoms. The Labute approximate surface area is 97.4 Å². The second kappa shape index (κ2) is 5.01. The number of aliphatic hydroxyl groups is 1. The van der Waals surface area contributed by atoms with Crippen molar-refractivity contribution in [1.82, 2.24) is 5.16 Å². The van der Waals surface area contributed by atoms with Crippen LogP contribution >= 0.6 is 11.6 Å². The monoisotopic (exact) mass is 239 g/mol. The van der Waals surface area contributed by atoms with Gasteiger partial charge in [-0.3, -0.25) is 0 Å². The molecule has 0 bridgehead atoms. The predicted octanol–water partition coefficient (Wildman–Crippen LogP) is 2.40. The molecule has 2 rings (SSSR count). The summed E-state index contributed by atoms with van der Waals surface area (Å²) in [7, 11) is 0. The molecule has 0 atom stereocenters. The first-order valence-corrected chi connectivity index (χ1v) is 5.09. The van der Waals surface area contributed by atoms with Crippen molar-refractivity contribution in [2.24, 2.45) is 0 Å². The Balaban J connectivity index is 2.04. The Bertz CT molecular complexity index is 456. The average Bonchev–Trinajstić information content (AvgIpc) is 2.80. The quantitative estimate of drug-likeness (QED) is 0.890. The lowest BCUT2D eigenvalue weighted by Gasteiger charge is -2.06. The van der Waals surface area contributed by atoms with Gasteiger partial charge >= 0.3 is 0 Å². The van der Waals surface area contributed by atoms with Gasteiger partial charge in [0.1, 0.15) is 12.4 Å². The fourth-order valence-corrected chi connectivity index (χ4v) is 1.48. The third-order valence-corrected chi connectivity index (χ3v) is 2.34. The Hall–Kier alpha value is -1.52. The molecule has 0 fully saturated rings. The van der Waals surface area contributed by atoms with Gasteiger partial charge in [0.25, 0.3) is 0 Å². The van der Waals surface area contributed by atoms with Crippen molar-refractivity contribution in [3.05, 3.63) is 46.8 Å². The summed E-state index contributed by atoms with van der Waals surface area (Å²) in [4.78, 5) is 0. The minimum Gasteiger partial charge on any atom is -0.484 e. The summed E-state index contributed by atoms with van der Waals surface area (Å²) in [6.45, 7) is 0.236. The van der Waals surface area contributed by atoms with Crippen LogP contribution in [0.3, 0.4) is 0 Å². The molecule has 1 aromatic carbocycles. The number of aliphatic hydroxyl groups excluding tert-OH is 1. The number of aromatic nitrogens is 1. The molecule has 2 aromatic rings. The second-order valence-electron chi connectivity index (χ2n) is 3.19. The number of ether oxygens (including phenoxy) is 1. The van der Waals surface area contributed by atoms with Crippen LogP contribution in [0.2, 0.25) is 5.02 Å². The number of hydrogen-bond donors (Lipinski definition) is 1. The van der Waals surface area contributed by atoms with E-state index in [1.54, 1.807) is 30.5 Å². The molecule has 16 heavy (non-hydrogen) atoms. The standard InChI is InChI=1S/C11H10ClNO3/c12-10-5-8(6-14)1-2-11(10)15-7-9-3-4-13-16-9/h1-5,14H,6-7H2. The fourth-order valence-electron chi connectivity index (χ4n) is 1.23. The maximum absolute atomic E-state index is 8.91. The van der Waals surface area contributed by atoms with Crippen LogP contribution in [0, 0.1) is 0 Å². The minimum absolute atomic E-state index is 0.0396. The van der Waals surface area contributed by atoms with Crippen molar-refractivity contribution in [2.75, 3.05) is 0 Å². The highest BCUT2D eigenvalue weighted by atomic mass is 35.5. The van der Waals surface area contributed by atoms with E-state index in [-0.39, 0.29) is 13.2 Å². The van der Waals surface area contributed by atoms with Crippen molar-refractivity contribution >= 4 is 11.6 Å². The van der Waals surface area contributed by atoms with Gasteiger partial charge in [-0.15, -0.1) is 0 Å². The summed E-state index contributed by atoms with van der Waals surface area (Å²) in [6, 6.07) is 6.85. The van der Waals surface area contributed by atoms with Crippen molar-refractivity contribution < 1.29 is 14.4 Å². The van der Waals surface area contributed by atoms with Gasteiger partial charge in [-0.2, -0.15) is 0 Å². The van der Waals surface area contributed by atoms with E-state index in [4.69, 9.17) is 26.0 Å². The van der Waals surface area contributed by atoms with Gasteiger partial charge in [0.05, 0.1) is 17.8 Å². The molecule has 1 aromatic heterocycles. The molecule has 84 valence electrons. The highest BCUT2D eigenvalue weighted by Gasteiger charge is 2.04. The maximum atomic E-state index is 8.91. The van der Waals surface area contributed by atoms with E-state index in [9.17, 15) is 0 Å². The van der Waals surface area contributed by atoms with E-state index < -0.39 is 0 Å². The zero-order valence-electron chi connectivity index (χ0n) is 8.39. The van der Waals surface area contributed by atoms with Gasteiger partial charge in [0, 0.05) is 6.07 Å². The molecule has 0 saturated carbocycles. The first kappa shape index (κ1) is 11.0. The molecule has 0 radical (unpaired) electrons. The SMILES string of the molecule is OCc1ccc(OCc2ccno2)c(Cl)c1. The van der Waals surface area contributed by atoms with Crippen LogP contribution in [0.5, 0.6) is 5.75 Å². The van der Waals surface area contributed by atoms with Gasteiger partial charge in [-0.05, 0) is 17.7 Å². The zero-order valence-corrected chi connectivity index (χ0v) is 9.15. The molecule has 0 aliphatic rings. The van der Waals surface area contributed by atoms with Gasteiger partial charge in [0.15, 0.2) is 5.76 Å². The summed E-state index contributed by atoms with van der Waals surface area (Å²) in [5.41, 5.74) is 0.747. The average molecular weight is 240 g/mol. The van der Waals surface area contributed by atoms with Gasteiger partial charge < -0.3 is 14.4 Å². The number of benzene rings is 1. The Kier molecular flexibility index (Phi) is 3.44. The Morgan fingerprint density at radius 3 is 2.88 bits per heavy atom. The first-order chi connectivity index (χ1) is 7.79. The summed E-state index contributed by atoms with van der Waals surface area (Å²) < 4.78 is 10.3. The number of rotatable bonds is 4. The molecule has 0 aliphatic carbocycles. The van der Waals surface area contributed by atoms with E-state index in [1.165, 1.54) is 0 Å². The van der Waals surface area contributed by atoms with Gasteiger partial charge in [-0.1, -0.05) is 22.8 Å². The summed E-state index contributed by atoms with van der Waals surface area (Å²) in [5, 5.41) is 12.9. The predicted molar refractivity (Wildman–Crippen MR) is 58.2 cm³/mol. The van der Waals surface area contributed by atoms with Crippen LogP contribution in [0.15, 0.2) is 35.0 Å². The highest BCUT2D eigenvalue weighted by Crippen LogP contribution is 2.26. The number of halogens is 1. The van der Waals surface area contributed by atoms with Crippen LogP contribution < -0.4 is 4.74 Å². The minimum atomic E-state index is -0.0396. The second-order valence-corrected chi connectivity index (χ2v) is 3.60. The summed E-state index contributed by atoms with van der Waals surface area (Å²) in [6.07, 6.45) is 1.55. The molecule has 0 saturated heterocycles. The lowest BCUT2D eigenvalue weighted by Crippen LogP contribution is -1.95. The molecule has 1 heterocycles. The maximum Gasteiger partial charge on any atom is 0.174 e. The normalized spacial score (nSPS) is 10.4. The lowest BCUT2D eigenvalue weighted by molar-refractivity contribution is 0.249. The Morgan fingerprint density at radius 2 is 2.25 bits per heavy atom. The van der Waals surface area contributed by atoms with E-state index in [2.05, 4.69) is 5.16 Å². The summed E-state index contributed by atoms with van der Waals surface area (Å²) >= 11 is 5.97. The largest absolute Gasteiger partial charge is 0.484 e. The van der Waals surface area contributed by atoms with E-state index in [0.29, 0.717) is 16.5 Å². The fraction of sp³-hybridized carbons (Fsp3) is 0.182. The topological polar surface area (TPSA) is 55.5 Å². The molecule has 4 nitrogen and oxygen atoms in total. The molecule has 1 N–H and O–H groups in total. The smallest absolute Gasteiger partial charge is 0.174 e. The molecular formula is C11H10ClNO3. The molecular weight excluding hydrogens is 230 g/mol. The lowest BCUT2D eigenvalue weighted by atomic mass is 10.2. The number of nitrogens with zero attached hydrogens (tertiary/aromatic N) is 1. The first-order valence-electron chi connectivity index (χ1n) is 4.71. The van der Waals surface area contributed by atoms with Crippen molar-refractivity contribution in [3.63, 3.8) is 0 Å². The van der Waals surface area contributed by atoms with Crippen LogP contribution in [-0.4, -0.2) is 10.3 Å². The summed E-state index contributed by atoms with van der Waals surface area (Å²) in [5.74, 6) is 1.18. The molecule has 0 unspecified atom stereocenters. The van der Waals surface area contributed by atoms with E-state index in [1.807, 2.05) is 0 Å². The van der Waals surface area contributed by atoms with E-state index >= 15 is 0 Å². The van der Waals surface area contributed by atoms with Crippen molar-refractivity contribution in [1.29, 1.82) is 0 Å². The number of hydrogen-bond acceptors (Lipinski definition) is 4. The third kappa shape index (κ3) is 2.53. The Morgan fingerprint density at radius 1 is 1.38 bits per heavy atom. The van der Waals surface area contributed by atoms with Crippen LogP contribution in [-0.2, 0) is 13.2 Å². The molecule has 0 amide bonds. The van der Waals surface area contributed by atoms with Crippen LogP contribution in [0.1, 0.15) is 11.3 Å². The van der Waals surface area contributed by atoms with Gasteiger partial charge in [0.2, 0.25) is 0 Å². The third-order valence-electron chi connectivity index (χ3n) is 2.04. The van der Waals surface area contributed by atoms with E-state index in [0.717, 1.165) is 5.56 Å². The molecule has 0 spiro atoms. The van der Waals surface area contributed by atoms with Gasteiger partial charge in [-0.25, -0.2) is 0 Å². The van der Waals surface area contributed by atoms with Crippen molar-refractivity contribution in [2.45, 2.75) is 13.2 Å².